The van der Waals surface area contributed by atoms with Gasteiger partial charge in [0.25, 0.3) is 0 Å². The van der Waals surface area contributed by atoms with Crippen LogP contribution in [0.2, 0.25) is 0 Å². The Morgan fingerprint density at radius 1 is 0.469 bits per heavy atom. The molecule has 2 atom stereocenters. The van der Waals surface area contributed by atoms with Crippen molar-refractivity contribution < 1.29 is 14.2 Å². The van der Waals surface area contributed by atoms with E-state index in [4.69, 9.17) is 14.2 Å². The number of unbranched alkanes of at least 4 members (excludes halogenated alkanes) is 20. The topological polar surface area (TPSA) is 27.7 Å². The van der Waals surface area contributed by atoms with E-state index >= 15 is 0 Å². The maximum atomic E-state index is 7.63. The summed E-state index contributed by atoms with van der Waals surface area (Å²) < 4.78 is 21.0. The third-order valence-electron chi connectivity index (χ3n) is 14.0. The molecule has 64 heavy (non-hydrogen) atoms. The van der Waals surface area contributed by atoms with Gasteiger partial charge >= 0.3 is 0 Å². The van der Waals surface area contributed by atoms with Gasteiger partial charge in [0.15, 0.2) is 0 Å². The smallest absolute Gasteiger partial charge is 0.140 e. The van der Waals surface area contributed by atoms with Crippen LogP contribution < -0.4 is 14.2 Å². The van der Waals surface area contributed by atoms with Gasteiger partial charge < -0.3 is 14.2 Å². The first kappa shape index (κ1) is 53.2. The SMILES string of the molecule is CCCCCCCCCCCCC1(CCCCCCCCCCCC)Oc2cc(-c3sccc3OCC(CC)CCCC)sc2-c2sc(-c3sccc3OCC(CC)CCCC)cc21. The van der Waals surface area contributed by atoms with Crippen molar-refractivity contribution in [3.05, 3.63) is 40.6 Å². The summed E-state index contributed by atoms with van der Waals surface area (Å²) in [6, 6.07) is 9.37. The summed E-state index contributed by atoms with van der Waals surface area (Å²) in [6.45, 7) is 15.5. The van der Waals surface area contributed by atoms with Gasteiger partial charge in [0.1, 0.15) is 22.8 Å². The maximum absolute atomic E-state index is 7.63. The van der Waals surface area contributed by atoms with E-state index in [1.807, 2.05) is 45.3 Å². The van der Waals surface area contributed by atoms with E-state index in [1.54, 1.807) is 0 Å². The van der Waals surface area contributed by atoms with E-state index < -0.39 is 0 Å². The van der Waals surface area contributed by atoms with E-state index in [0.29, 0.717) is 11.8 Å². The van der Waals surface area contributed by atoms with Crippen LogP contribution >= 0.6 is 45.3 Å². The third-order valence-corrected chi connectivity index (χ3v) is 18.6. The van der Waals surface area contributed by atoms with Crippen molar-refractivity contribution in [2.75, 3.05) is 13.2 Å². The molecule has 360 valence electrons. The average Bonchev–Trinajstić information content (AvgIpc) is 4.15. The lowest BCUT2D eigenvalue weighted by Crippen LogP contribution is -2.35. The molecule has 7 heteroatoms. The Morgan fingerprint density at radius 2 is 0.875 bits per heavy atom. The molecule has 0 aromatic carbocycles. The number of hydrogen-bond acceptors (Lipinski definition) is 7. The molecule has 0 radical (unpaired) electrons. The summed E-state index contributed by atoms with van der Waals surface area (Å²) in [6.07, 6.45) is 39.1. The predicted octanol–water partition coefficient (Wildman–Crippen LogP) is 21.3. The lowest BCUT2D eigenvalue weighted by molar-refractivity contribution is 0.0398. The summed E-state index contributed by atoms with van der Waals surface area (Å²) in [4.78, 5) is 7.91. The molecule has 0 saturated heterocycles. The molecule has 5 rings (SSSR count). The van der Waals surface area contributed by atoms with Crippen LogP contribution in [-0.4, -0.2) is 13.2 Å². The van der Waals surface area contributed by atoms with Gasteiger partial charge in [-0.2, -0.15) is 0 Å². The Hall–Kier alpha value is -1.80. The molecule has 0 fully saturated rings. The van der Waals surface area contributed by atoms with Gasteiger partial charge in [-0.05, 0) is 79.3 Å². The average molecular weight is 952 g/mol. The highest BCUT2D eigenvalue weighted by Gasteiger charge is 2.43. The Balaban J connectivity index is 1.42. The Labute approximate surface area is 408 Å². The van der Waals surface area contributed by atoms with Crippen LogP contribution in [0.3, 0.4) is 0 Å². The summed E-state index contributed by atoms with van der Waals surface area (Å²) in [7, 11) is 0. The predicted molar refractivity (Wildman–Crippen MR) is 287 cm³/mol. The molecule has 5 heterocycles. The van der Waals surface area contributed by atoms with E-state index in [-0.39, 0.29) is 5.60 Å². The Morgan fingerprint density at radius 3 is 1.31 bits per heavy atom. The molecule has 0 amide bonds. The molecule has 4 aromatic rings. The second kappa shape index (κ2) is 30.6. The lowest BCUT2D eigenvalue weighted by atomic mass is 9.81. The highest BCUT2D eigenvalue weighted by molar-refractivity contribution is 7.28. The first-order valence-corrected chi connectivity index (χ1v) is 30.3. The van der Waals surface area contributed by atoms with Crippen molar-refractivity contribution in [1.29, 1.82) is 0 Å². The quantitative estimate of drug-likeness (QED) is 0.0419. The van der Waals surface area contributed by atoms with Crippen molar-refractivity contribution in [1.82, 2.24) is 0 Å². The molecule has 2 unspecified atom stereocenters. The maximum Gasteiger partial charge on any atom is 0.140 e. The van der Waals surface area contributed by atoms with Crippen molar-refractivity contribution in [3.8, 4) is 46.5 Å². The standard InChI is InChI=1S/C57H90O3S4/c1-7-13-17-19-21-23-25-27-29-31-37-57(38-32-30-28-26-24-22-20-18-14-8-2)47-41-51(54-48(35-39-61-54)58-43-45(11-5)33-15-9-3)63-53(47)56-50(60-57)42-52(64-56)55-49(36-40-62-55)59-44-46(12-6)34-16-10-4/h35-36,39-42,45-46H,7-34,37-38,43-44H2,1-6H3. The summed E-state index contributed by atoms with van der Waals surface area (Å²) in [5.74, 6) is 4.41. The fourth-order valence-electron chi connectivity index (χ4n) is 9.68. The van der Waals surface area contributed by atoms with Crippen LogP contribution in [0.1, 0.15) is 240 Å². The lowest BCUT2D eigenvalue weighted by Gasteiger charge is -2.38. The molecule has 0 N–H and O–H groups in total. The van der Waals surface area contributed by atoms with E-state index in [1.165, 1.54) is 215 Å². The molecular weight excluding hydrogens is 861 g/mol. The van der Waals surface area contributed by atoms with Crippen LogP contribution in [0.4, 0.5) is 0 Å². The Kier molecular flexibility index (Phi) is 25.4. The molecule has 4 aromatic heterocycles. The Bertz CT molecular complexity index is 1770. The van der Waals surface area contributed by atoms with Gasteiger partial charge in [-0.15, -0.1) is 45.3 Å². The van der Waals surface area contributed by atoms with Gasteiger partial charge in [-0.25, -0.2) is 0 Å². The summed E-state index contributed by atoms with van der Waals surface area (Å²) >= 11 is 7.58. The molecule has 1 aliphatic rings. The number of rotatable bonds is 38. The van der Waals surface area contributed by atoms with Crippen LogP contribution in [0, 0.1) is 11.8 Å². The van der Waals surface area contributed by atoms with Crippen LogP contribution in [-0.2, 0) is 5.60 Å². The fraction of sp³-hybridized carbons (Fsp3) is 0.719. The van der Waals surface area contributed by atoms with Crippen molar-refractivity contribution >= 4 is 45.3 Å². The normalized spacial score (nSPS) is 14.0. The number of fused-ring (bicyclic) bond motifs is 3. The van der Waals surface area contributed by atoms with Crippen molar-refractivity contribution in [2.45, 2.75) is 240 Å². The zero-order chi connectivity index (χ0) is 45.2. The first-order valence-electron chi connectivity index (χ1n) is 26.9. The molecule has 3 nitrogen and oxygen atoms in total. The number of thiophene rings is 4. The molecule has 1 aliphatic heterocycles. The van der Waals surface area contributed by atoms with Crippen molar-refractivity contribution in [3.63, 3.8) is 0 Å². The van der Waals surface area contributed by atoms with E-state index in [0.717, 1.165) is 43.3 Å². The van der Waals surface area contributed by atoms with Crippen LogP contribution in [0.25, 0.3) is 29.3 Å². The van der Waals surface area contributed by atoms with Gasteiger partial charge in [-0.1, -0.05) is 196 Å². The fourth-order valence-corrected chi connectivity index (χ4v) is 14.1. The van der Waals surface area contributed by atoms with Crippen LogP contribution in [0.15, 0.2) is 35.0 Å². The highest BCUT2D eigenvalue weighted by Crippen LogP contribution is 2.59. The highest BCUT2D eigenvalue weighted by atomic mass is 32.1. The minimum absolute atomic E-state index is 0.316. The minimum atomic E-state index is -0.316. The molecular formula is C57H90O3S4. The second-order valence-electron chi connectivity index (χ2n) is 19.3. The summed E-state index contributed by atoms with van der Waals surface area (Å²) in [5, 5.41) is 4.46. The van der Waals surface area contributed by atoms with E-state index in [2.05, 4.69) is 76.6 Å². The molecule has 0 bridgehead atoms. The monoisotopic (exact) mass is 951 g/mol. The zero-order valence-electron chi connectivity index (χ0n) is 41.6. The van der Waals surface area contributed by atoms with Gasteiger partial charge in [-0.3, -0.25) is 0 Å². The number of hydrogen-bond donors (Lipinski definition) is 0. The second-order valence-corrected chi connectivity index (χ2v) is 23.2. The van der Waals surface area contributed by atoms with Crippen LogP contribution in [0.5, 0.6) is 17.2 Å². The molecule has 0 saturated carbocycles. The largest absolute Gasteiger partial charge is 0.492 e. The molecule has 0 aliphatic carbocycles. The van der Waals surface area contributed by atoms with Gasteiger partial charge in [0.2, 0.25) is 0 Å². The van der Waals surface area contributed by atoms with E-state index in [9.17, 15) is 0 Å². The third kappa shape index (κ3) is 16.5. The number of ether oxygens (including phenoxy) is 3. The van der Waals surface area contributed by atoms with Gasteiger partial charge in [0.05, 0.1) is 37.6 Å². The molecule has 0 spiro atoms. The van der Waals surface area contributed by atoms with Gasteiger partial charge in [0, 0.05) is 16.5 Å². The summed E-state index contributed by atoms with van der Waals surface area (Å²) in [5.41, 5.74) is 1.13. The minimum Gasteiger partial charge on any atom is -0.492 e. The first-order chi connectivity index (χ1) is 31.5. The van der Waals surface area contributed by atoms with Crippen molar-refractivity contribution in [2.24, 2.45) is 11.8 Å². The zero-order valence-corrected chi connectivity index (χ0v) is 44.9.